The van der Waals surface area contributed by atoms with E-state index in [1.807, 2.05) is 6.07 Å². The van der Waals surface area contributed by atoms with Gasteiger partial charge in [-0.05, 0) is 24.3 Å². The van der Waals surface area contributed by atoms with Crippen molar-refractivity contribution in [3.05, 3.63) is 54.2 Å². The van der Waals surface area contributed by atoms with E-state index in [0.29, 0.717) is 24.5 Å². The minimum atomic E-state index is -0.933. The van der Waals surface area contributed by atoms with Gasteiger partial charge in [-0.2, -0.15) is 5.26 Å². The molecular weight excluding hydrogens is 294 g/mol. The molecule has 0 spiro atoms. The summed E-state index contributed by atoms with van der Waals surface area (Å²) < 4.78 is 5.24. The Hall–Kier alpha value is -2.94. The zero-order valence-corrected chi connectivity index (χ0v) is 12.4. The lowest BCUT2D eigenvalue weighted by Crippen LogP contribution is -2.27. The van der Waals surface area contributed by atoms with Crippen LogP contribution in [0.25, 0.3) is 0 Å². The van der Waals surface area contributed by atoms with E-state index in [2.05, 4.69) is 4.98 Å². The number of hydrogen-bond donors (Lipinski definition) is 0. The highest BCUT2D eigenvalue weighted by Crippen LogP contribution is 2.27. The quantitative estimate of drug-likeness (QED) is 0.841. The van der Waals surface area contributed by atoms with Gasteiger partial charge in [-0.1, -0.05) is 6.07 Å². The summed E-state index contributed by atoms with van der Waals surface area (Å²) in [6.45, 7) is 0.653. The predicted octanol–water partition coefficient (Wildman–Crippen LogP) is 1.90. The molecule has 1 fully saturated rings. The van der Waals surface area contributed by atoms with Crippen molar-refractivity contribution in [2.24, 2.45) is 5.92 Å². The average Bonchev–Trinajstić information content (AvgIpc) is 3.20. The maximum atomic E-state index is 12.6. The van der Waals surface area contributed by atoms with Crippen LogP contribution in [0, 0.1) is 17.2 Å². The summed E-state index contributed by atoms with van der Waals surface area (Å²) in [4.78, 5) is 30.4. The van der Waals surface area contributed by atoms with Gasteiger partial charge in [0.25, 0.3) is 0 Å². The smallest absolute Gasteiger partial charge is 0.223 e. The monoisotopic (exact) mass is 309 g/mol. The van der Waals surface area contributed by atoms with Crippen molar-refractivity contribution in [3.63, 3.8) is 0 Å². The van der Waals surface area contributed by atoms with E-state index in [-0.39, 0.29) is 18.1 Å². The van der Waals surface area contributed by atoms with Crippen LogP contribution in [0.2, 0.25) is 0 Å². The van der Waals surface area contributed by atoms with Crippen molar-refractivity contribution in [1.82, 2.24) is 9.88 Å². The molecule has 23 heavy (non-hydrogen) atoms. The molecule has 0 N–H and O–H groups in total. The number of ketones is 1. The molecule has 3 rings (SSSR count). The van der Waals surface area contributed by atoms with Gasteiger partial charge in [0.05, 0.1) is 24.6 Å². The number of rotatable bonds is 5. The molecule has 1 aliphatic heterocycles. The van der Waals surface area contributed by atoms with E-state index in [0.717, 1.165) is 0 Å². The SMILES string of the molecule is N#C[C@H](C(=O)[C@@H]1CC(=O)N(Cc2ccco2)C1)c1ccccn1. The Morgan fingerprint density at radius 1 is 1.43 bits per heavy atom. The number of hydrogen-bond acceptors (Lipinski definition) is 5. The van der Waals surface area contributed by atoms with E-state index in [1.54, 1.807) is 47.7 Å². The Bertz CT molecular complexity index is 734. The second-order valence-electron chi connectivity index (χ2n) is 5.47. The maximum Gasteiger partial charge on any atom is 0.223 e. The molecule has 2 aromatic heterocycles. The summed E-state index contributed by atoms with van der Waals surface area (Å²) in [6.07, 6.45) is 3.23. The number of pyridine rings is 1. The van der Waals surface area contributed by atoms with Crippen LogP contribution in [0.5, 0.6) is 0 Å². The number of nitriles is 1. The van der Waals surface area contributed by atoms with Crippen molar-refractivity contribution in [1.29, 1.82) is 5.26 Å². The molecule has 1 amide bonds. The van der Waals surface area contributed by atoms with Gasteiger partial charge in [0.15, 0.2) is 5.78 Å². The Balaban J connectivity index is 1.71. The second-order valence-corrected chi connectivity index (χ2v) is 5.47. The third-order valence-corrected chi connectivity index (χ3v) is 3.94. The number of likely N-dealkylation sites (tertiary alicyclic amines) is 1. The van der Waals surface area contributed by atoms with Crippen molar-refractivity contribution >= 4 is 11.7 Å². The molecule has 0 radical (unpaired) electrons. The Kier molecular flexibility index (Phi) is 4.20. The van der Waals surface area contributed by atoms with Gasteiger partial charge in [0, 0.05) is 25.1 Å². The Morgan fingerprint density at radius 2 is 2.30 bits per heavy atom. The largest absolute Gasteiger partial charge is 0.467 e. The second kappa shape index (κ2) is 6.44. The predicted molar refractivity (Wildman–Crippen MR) is 79.8 cm³/mol. The standard InChI is InChI=1S/C17H15N3O3/c18-9-14(15-5-1-2-6-19-15)17(22)12-8-16(21)20(10-12)11-13-4-3-7-23-13/h1-7,12,14H,8,10-11H2/t12-,14+/m1/s1. The third kappa shape index (κ3) is 3.14. The minimum Gasteiger partial charge on any atom is -0.467 e. The van der Waals surface area contributed by atoms with Gasteiger partial charge in [-0.25, -0.2) is 0 Å². The Labute approximate surface area is 133 Å². The first-order chi connectivity index (χ1) is 11.2. The fraction of sp³-hybridized carbons (Fsp3) is 0.294. The van der Waals surface area contributed by atoms with E-state index in [9.17, 15) is 14.9 Å². The average molecular weight is 309 g/mol. The zero-order chi connectivity index (χ0) is 16.2. The number of nitrogens with zero attached hydrogens (tertiary/aromatic N) is 3. The zero-order valence-electron chi connectivity index (χ0n) is 12.4. The summed E-state index contributed by atoms with van der Waals surface area (Å²) in [7, 11) is 0. The molecule has 6 heteroatoms. The van der Waals surface area contributed by atoms with Crippen LogP contribution in [-0.4, -0.2) is 28.1 Å². The fourth-order valence-electron chi connectivity index (χ4n) is 2.76. The molecule has 2 aromatic rings. The van der Waals surface area contributed by atoms with Gasteiger partial charge < -0.3 is 9.32 Å². The number of aromatic nitrogens is 1. The van der Waals surface area contributed by atoms with Gasteiger partial charge in [-0.3, -0.25) is 14.6 Å². The summed E-state index contributed by atoms with van der Waals surface area (Å²) in [5, 5.41) is 9.33. The topological polar surface area (TPSA) is 87.2 Å². The van der Waals surface area contributed by atoms with Crippen molar-refractivity contribution in [2.45, 2.75) is 18.9 Å². The molecule has 0 aromatic carbocycles. The van der Waals surface area contributed by atoms with Gasteiger partial charge in [-0.15, -0.1) is 0 Å². The number of carbonyl (C=O) groups excluding carboxylic acids is 2. The molecule has 0 saturated carbocycles. The highest BCUT2D eigenvalue weighted by atomic mass is 16.3. The van der Waals surface area contributed by atoms with Crippen LogP contribution in [0.4, 0.5) is 0 Å². The summed E-state index contributed by atoms with van der Waals surface area (Å²) >= 11 is 0. The number of Topliss-reactive ketones (excluding diaryl/α,β-unsaturated/α-hetero) is 1. The third-order valence-electron chi connectivity index (χ3n) is 3.94. The minimum absolute atomic E-state index is 0.0996. The molecule has 2 atom stereocenters. The Morgan fingerprint density at radius 3 is 2.96 bits per heavy atom. The molecule has 6 nitrogen and oxygen atoms in total. The summed E-state index contributed by atoms with van der Waals surface area (Å²) in [5.41, 5.74) is 0.428. The van der Waals surface area contributed by atoms with Crippen LogP contribution in [0.15, 0.2) is 47.2 Å². The highest BCUT2D eigenvalue weighted by molar-refractivity contribution is 5.95. The van der Waals surface area contributed by atoms with Gasteiger partial charge >= 0.3 is 0 Å². The van der Waals surface area contributed by atoms with E-state index in [1.165, 1.54) is 0 Å². The highest BCUT2D eigenvalue weighted by Gasteiger charge is 2.38. The molecule has 1 aliphatic rings. The first-order valence-corrected chi connectivity index (χ1v) is 7.33. The molecule has 0 bridgehead atoms. The van der Waals surface area contributed by atoms with E-state index >= 15 is 0 Å². The molecule has 1 saturated heterocycles. The molecular formula is C17H15N3O3. The maximum absolute atomic E-state index is 12.6. The molecule has 0 aliphatic carbocycles. The van der Waals surface area contributed by atoms with Gasteiger partial charge in [0.2, 0.25) is 5.91 Å². The normalized spacial score (nSPS) is 18.7. The summed E-state index contributed by atoms with van der Waals surface area (Å²) in [6, 6.07) is 10.7. The van der Waals surface area contributed by atoms with Crippen molar-refractivity contribution < 1.29 is 14.0 Å². The molecule has 3 heterocycles. The first-order valence-electron chi connectivity index (χ1n) is 7.33. The van der Waals surface area contributed by atoms with Crippen LogP contribution < -0.4 is 0 Å². The first kappa shape index (κ1) is 15.0. The summed E-state index contributed by atoms with van der Waals surface area (Å²) in [5.74, 6) is -1.09. The van der Waals surface area contributed by atoms with Crippen LogP contribution in [0.3, 0.4) is 0 Å². The number of furan rings is 1. The van der Waals surface area contributed by atoms with E-state index < -0.39 is 11.8 Å². The lowest BCUT2D eigenvalue weighted by Gasteiger charge is -2.16. The lowest BCUT2D eigenvalue weighted by molar-refractivity contribution is -0.129. The number of amides is 1. The van der Waals surface area contributed by atoms with Crippen molar-refractivity contribution in [2.75, 3.05) is 6.54 Å². The molecule has 116 valence electrons. The van der Waals surface area contributed by atoms with Gasteiger partial charge in [0.1, 0.15) is 11.7 Å². The number of carbonyl (C=O) groups is 2. The van der Waals surface area contributed by atoms with Crippen LogP contribution in [-0.2, 0) is 16.1 Å². The van der Waals surface area contributed by atoms with Crippen LogP contribution in [0.1, 0.15) is 23.8 Å². The van der Waals surface area contributed by atoms with E-state index in [4.69, 9.17) is 4.42 Å². The molecule has 0 unspecified atom stereocenters. The van der Waals surface area contributed by atoms with Crippen molar-refractivity contribution in [3.8, 4) is 6.07 Å². The lowest BCUT2D eigenvalue weighted by atomic mass is 9.90. The fourth-order valence-corrected chi connectivity index (χ4v) is 2.76. The van der Waals surface area contributed by atoms with Crippen LogP contribution >= 0.6 is 0 Å².